The predicted octanol–water partition coefficient (Wildman–Crippen LogP) is 2.20. The molecule has 0 saturated heterocycles. The van der Waals surface area contributed by atoms with Crippen molar-refractivity contribution in [1.82, 2.24) is 15.8 Å². The average Bonchev–Trinajstić information content (AvgIpc) is 3.01. The summed E-state index contributed by atoms with van der Waals surface area (Å²) in [5, 5.41) is 10.6. The summed E-state index contributed by atoms with van der Waals surface area (Å²) in [4.78, 5) is 4.22. The predicted molar refractivity (Wildman–Crippen MR) is 86.9 cm³/mol. The zero-order valence-electron chi connectivity index (χ0n) is 13.7. The molecule has 1 aromatic heterocycles. The molecule has 1 aromatic rings. The van der Waals surface area contributed by atoms with Crippen LogP contribution >= 0.6 is 0 Å². The highest BCUT2D eigenvalue weighted by Crippen LogP contribution is 2.13. The first kappa shape index (κ1) is 16.5. The Morgan fingerprint density at radius 1 is 1.41 bits per heavy atom. The second kappa shape index (κ2) is 8.58. The zero-order valence-corrected chi connectivity index (χ0v) is 13.7. The summed E-state index contributed by atoms with van der Waals surface area (Å²) in [6, 6.07) is 1.98. The maximum Gasteiger partial charge on any atom is 0.191 e. The zero-order chi connectivity index (χ0) is 15.8. The summed E-state index contributed by atoms with van der Waals surface area (Å²) in [5.74, 6) is 1.97. The minimum Gasteiger partial charge on any atom is -0.377 e. The van der Waals surface area contributed by atoms with E-state index in [-0.39, 0.29) is 0 Å². The molecule has 0 amide bonds. The molecule has 0 atom stereocenters. The molecule has 0 bridgehead atoms. The summed E-state index contributed by atoms with van der Waals surface area (Å²) in [6.07, 6.45) is 4.22. The fourth-order valence-corrected chi connectivity index (χ4v) is 2.21. The van der Waals surface area contributed by atoms with Gasteiger partial charge in [-0.3, -0.25) is 4.99 Å². The molecular formula is C16H26N4O2. The van der Waals surface area contributed by atoms with Gasteiger partial charge in [-0.1, -0.05) is 30.7 Å². The van der Waals surface area contributed by atoms with Crippen LogP contribution in [0.2, 0.25) is 0 Å². The number of ether oxygens (including phenoxy) is 1. The van der Waals surface area contributed by atoms with Gasteiger partial charge in [-0.15, -0.1) is 0 Å². The summed E-state index contributed by atoms with van der Waals surface area (Å²) in [5.41, 5.74) is 2.43. The van der Waals surface area contributed by atoms with Crippen molar-refractivity contribution in [3.05, 3.63) is 29.2 Å². The van der Waals surface area contributed by atoms with Crippen molar-refractivity contribution in [3.63, 3.8) is 0 Å². The van der Waals surface area contributed by atoms with Crippen LogP contribution in [0.5, 0.6) is 0 Å². The van der Waals surface area contributed by atoms with Crippen molar-refractivity contribution in [3.8, 4) is 0 Å². The fraction of sp³-hybridized carbons (Fsp3) is 0.625. The number of hydrogen-bond donors (Lipinski definition) is 2. The third-order valence-electron chi connectivity index (χ3n) is 3.62. The van der Waals surface area contributed by atoms with Gasteiger partial charge in [0.25, 0.3) is 0 Å². The van der Waals surface area contributed by atoms with Crippen LogP contribution in [0.4, 0.5) is 0 Å². The number of aromatic nitrogens is 1. The number of aliphatic imine (C=N–C) groups is 1. The lowest BCUT2D eigenvalue weighted by Gasteiger charge is -2.15. The second-order valence-corrected chi connectivity index (χ2v) is 5.66. The number of nitrogens with one attached hydrogen (secondary N) is 2. The molecule has 0 aromatic carbocycles. The van der Waals surface area contributed by atoms with Crippen molar-refractivity contribution in [1.29, 1.82) is 0 Å². The molecule has 0 saturated carbocycles. The monoisotopic (exact) mass is 306 g/mol. The maximum atomic E-state index is 5.31. The first-order valence-electron chi connectivity index (χ1n) is 7.84. The third-order valence-corrected chi connectivity index (χ3v) is 3.62. The second-order valence-electron chi connectivity index (χ2n) is 5.66. The Labute approximate surface area is 132 Å². The van der Waals surface area contributed by atoms with Gasteiger partial charge in [0.15, 0.2) is 11.7 Å². The molecule has 2 rings (SSSR count). The van der Waals surface area contributed by atoms with E-state index in [0.29, 0.717) is 12.5 Å². The molecule has 22 heavy (non-hydrogen) atoms. The Kier molecular flexibility index (Phi) is 6.45. The van der Waals surface area contributed by atoms with Gasteiger partial charge in [-0.25, -0.2) is 0 Å². The number of rotatable bonds is 6. The quantitative estimate of drug-likeness (QED) is 0.479. The van der Waals surface area contributed by atoms with Gasteiger partial charge < -0.3 is 19.9 Å². The van der Waals surface area contributed by atoms with Crippen LogP contribution in [0.3, 0.4) is 0 Å². The van der Waals surface area contributed by atoms with Crippen LogP contribution < -0.4 is 10.6 Å². The topological polar surface area (TPSA) is 71.7 Å². The standard InChI is InChI=1S/C16H26N4O2/c1-12(2)15-10-14(22-20-15)11-19-16(17-3)18-7-4-13-5-8-21-9-6-13/h5,10,12H,4,6-9,11H2,1-3H3,(H2,17,18,19). The lowest BCUT2D eigenvalue weighted by atomic mass is 10.1. The van der Waals surface area contributed by atoms with Crippen molar-refractivity contribution >= 4 is 5.96 Å². The van der Waals surface area contributed by atoms with Crippen LogP contribution in [-0.2, 0) is 11.3 Å². The molecule has 0 unspecified atom stereocenters. The van der Waals surface area contributed by atoms with Crippen LogP contribution in [0.25, 0.3) is 0 Å². The van der Waals surface area contributed by atoms with Crippen LogP contribution in [0.15, 0.2) is 27.2 Å². The number of guanidine groups is 1. The first-order valence-corrected chi connectivity index (χ1v) is 7.84. The van der Waals surface area contributed by atoms with E-state index in [9.17, 15) is 0 Å². The van der Waals surface area contributed by atoms with Crippen LogP contribution in [-0.4, -0.2) is 37.9 Å². The Hall–Kier alpha value is -1.82. The Morgan fingerprint density at radius 3 is 2.91 bits per heavy atom. The van der Waals surface area contributed by atoms with E-state index in [2.05, 4.69) is 40.7 Å². The lowest BCUT2D eigenvalue weighted by Crippen LogP contribution is -2.37. The van der Waals surface area contributed by atoms with Crippen LogP contribution in [0.1, 0.15) is 44.1 Å². The van der Waals surface area contributed by atoms with Gasteiger partial charge in [0, 0.05) is 19.7 Å². The molecule has 6 heteroatoms. The molecule has 1 aliphatic heterocycles. The van der Waals surface area contributed by atoms with E-state index in [1.807, 2.05) is 6.07 Å². The fourth-order valence-electron chi connectivity index (χ4n) is 2.21. The van der Waals surface area contributed by atoms with E-state index in [4.69, 9.17) is 9.26 Å². The van der Waals surface area contributed by atoms with Gasteiger partial charge >= 0.3 is 0 Å². The molecule has 0 fully saturated rings. The highest BCUT2D eigenvalue weighted by atomic mass is 16.5. The highest BCUT2D eigenvalue weighted by Gasteiger charge is 2.08. The van der Waals surface area contributed by atoms with Gasteiger partial charge in [-0.2, -0.15) is 0 Å². The summed E-state index contributed by atoms with van der Waals surface area (Å²) in [7, 11) is 1.77. The van der Waals surface area contributed by atoms with E-state index in [1.54, 1.807) is 7.05 Å². The SMILES string of the molecule is CN=C(NCCC1=CCOCC1)NCc1cc(C(C)C)no1. The summed E-state index contributed by atoms with van der Waals surface area (Å²) >= 11 is 0. The van der Waals surface area contributed by atoms with E-state index >= 15 is 0 Å². The number of nitrogens with zero attached hydrogens (tertiary/aromatic N) is 2. The largest absolute Gasteiger partial charge is 0.377 e. The van der Waals surface area contributed by atoms with Gasteiger partial charge in [0.2, 0.25) is 0 Å². The Bertz CT molecular complexity index is 520. The molecule has 0 aliphatic carbocycles. The molecule has 6 nitrogen and oxygen atoms in total. The normalized spacial score (nSPS) is 15.8. The molecule has 1 aliphatic rings. The summed E-state index contributed by atoms with van der Waals surface area (Å²) in [6.45, 7) is 7.21. The van der Waals surface area contributed by atoms with Gasteiger partial charge in [0.1, 0.15) is 0 Å². The van der Waals surface area contributed by atoms with Crippen molar-refractivity contribution in [2.75, 3.05) is 26.8 Å². The van der Waals surface area contributed by atoms with E-state index in [1.165, 1.54) is 5.57 Å². The average molecular weight is 306 g/mol. The minimum absolute atomic E-state index is 0.377. The molecule has 0 spiro atoms. The molecule has 0 radical (unpaired) electrons. The van der Waals surface area contributed by atoms with Gasteiger partial charge in [-0.05, 0) is 18.8 Å². The van der Waals surface area contributed by atoms with E-state index in [0.717, 1.165) is 50.0 Å². The molecule has 122 valence electrons. The maximum absolute atomic E-state index is 5.31. The molecule has 2 heterocycles. The van der Waals surface area contributed by atoms with Crippen LogP contribution in [0, 0.1) is 0 Å². The van der Waals surface area contributed by atoms with Crippen molar-refractivity contribution in [2.24, 2.45) is 4.99 Å². The Morgan fingerprint density at radius 2 is 2.27 bits per heavy atom. The first-order chi connectivity index (χ1) is 10.7. The highest BCUT2D eigenvalue weighted by molar-refractivity contribution is 5.79. The third kappa shape index (κ3) is 5.18. The van der Waals surface area contributed by atoms with E-state index < -0.39 is 0 Å². The summed E-state index contributed by atoms with van der Waals surface area (Å²) < 4.78 is 10.6. The Balaban J connectivity index is 1.71. The molecular weight excluding hydrogens is 280 g/mol. The van der Waals surface area contributed by atoms with Crippen molar-refractivity contribution in [2.45, 2.75) is 39.2 Å². The molecule has 2 N–H and O–H groups in total. The minimum atomic E-state index is 0.377. The smallest absolute Gasteiger partial charge is 0.191 e. The van der Waals surface area contributed by atoms with Crippen molar-refractivity contribution < 1.29 is 9.26 Å². The number of hydrogen-bond acceptors (Lipinski definition) is 4. The van der Waals surface area contributed by atoms with Gasteiger partial charge in [0.05, 0.1) is 25.5 Å². The lowest BCUT2D eigenvalue weighted by molar-refractivity contribution is 0.153.